The number of hydrogen-bond acceptors (Lipinski definition) is 4. The van der Waals surface area contributed by atoms with E-state index in [9.17, 15) is 9.90 Å². The van der Waals surface area contributed by atoms with E-state index in [4.69, 9.17) is 9.47 Å². The summed E-state index contributed by atoms with van der Waals surface area (Å²) in [5.74, 6) is 0.115. The van der Waals surface area contributed by atoms with Crippen LogP contribution in [-0.2, 0) is 0 Å². The summed E-state index contributed by atoms with van der Waals surface area (Å²) in [6, 6.07) is 10.5. The van der Waals surface area contributed by atoms with Crippen LogP contribution in [0.2, 0.25) is 0 Å². The molecule has 0 aromatic heterocycles. The van der Waals surface area contributed by atoms with Crippen molar-refractivity contribution in [1.82, 2.24) is 0 Å². The zero-order chi connectivity index (χ0) is 14.7. The summed E-state index contributed by atoms with van der Waals surface area (Å²) >= 11 is 0. The Hall–Kier alpha value is -2.49. The van der Waals surface area contributed by atoms with Crippen LogP contribution in [0.5, 0.6) is 17.2 Å². The number of methoxy groups -OCH3 is 2. The highest BCUT2D eigenvalue weighted by Gasteiger charge is 2.23. The molecule has 0 aliphatic rings. The van der Waals surface area contributed by atoms with Gasteiger partial charge in [-0.3, -0.25) is 4.79 Å². The second-order valence-electron chi connectivity index (χ2n) is 4.35. The third-order valence-corrected chi connectivity index (χ3v) is 3.10. The van der Waals surface area contributed by atoms with E-state index in [1.54, 1.807) is 37.3 Å². The summed E-state index contributed by atoms with van der Waals surface area (Å²) in [4.78, 5) is 12.5. The molecule has 0 atom stereocenters. The number of aryl methyl sites for hydroxylation is 1. The fourth-order valence-electron chi connectivity index (χ4n) is 2.12. The number of hydrogen-bond donors (Lipinski definition) is 1. The van der Waals surface area contributed by atoms with E-state index in [0.29, 0.717) is 16.9 Å². The molecule has 4 heteroatoms. The van der Waals surface area contributed by atoms with E-state index in [2.05, 4.69) is 0 Å². The molecule has 20 heavy (non-hydrogen) atoms. The first-order valence-electron chi connectivity index (χ1n) is 6.14. The predicted molar refractivity (Wildman–Crippen MR) is 75.8 cm³/mol. The van der Waals surface area contributed by atoms with Gasteiger partial charge in [0.1, 0.15) is 0 Å². The highest BCUT2D eigenvalue weighted by Crippen LogP contribution is 2.41. The summed E-state index contributed by atoms with van der Waals surface area (Å²) < 4.78 is 10.3. The lowest BCUT2D eigenvalue weighted by Crippen LogP contribution is -2.06. The normalized spacial score (nSPS) is 10.2. The average Bonchev–Trinajstić information content (AvgIpc) is 2.47. The van der Waals surface area contributed by atoms with Gasteiger partial charge in [-0.15, -0.1) is 0 Å². The van der Waals surface area contributed by atoms with E-state index >= 15 is 0 Å². The summed E-state index contributed by atoms with van der Waals surface area (Å²) in [7, 11) is 2.90. The summed E-state index contributed by atoms with van der Waals surface area (Å²) in [5, 5.41) is 10.3. The lowest BCUT2D eigenvalue weighted by atomic mass is 9.97. The Bertz CT molecular complexity index is 633. The minimum absolute atomic E-state index is 0.164. The molecule has 0 aliphatic carbocycles. The number of ether oxygens (including phenoxy) is 2. The molecule has 0 saturated carbocycles. The van der Waals surface area contributed by atoms with Gasteiger partial charge in [0, 0.05) is 5.56 Å². The maximum Gasteiger partial charge on any atom is 0.203 e. The molecule has 104 valence electrons. The number of aromatic hydroxyl groups is 1. The van der Waals surface area contributed by atoms with Crippen LogP contribution >= 0.6 is 0 Å². The van der Waals surface area contributed by atoms with Crippen LogP contribution in [0.4, 0.5) is 0 Å². The van der Waals surface area contributed by atoms with Gasteiger partial charge in [0.2, 0.25) is 5.75 Å². The molecule has 2 aromatic rings. The van der Waals surface area contributed by atoms with Gasteiger partial charge in [0.25, 0.3) is 0 Å². The standard InChI is InChI=1S/C16H16O4/c1-10-9-12(19-2)16(20-3)15(18)13(10)14(17)11-7-5-4-6-8-11/h4-9,18H,1-3H3. The quantitative estimate of drug-likeness (QED) is 0.869. The lowest BCUT2D eigenvalue weighted by Gasteiger charge is -2.15. The van der Waals surface area contributed by atoms with Crippen molar-refractivity contribution in [2.75, 3.05) is 14.2 Å². The van der Waals surface area contributed by atoms with Crippen LogP contribution in [0.3, 0.4) is 0 Å². The van der Waals surface area contributed by atoms with Crippen LogP contribution in [0, 0.1) is 6.92 Å². The van der Waals surface area contributed by atoms with Gasteiger partial charge in [-0.1, -0.05) is 30.3 Å². The largest absolute Gasteiger partial charge is 0.504 e. The maximum atomic E-state index is 12.5. The van der Waals surface area contributed by atoms with Crippen molar-refractivity contribution >= 4 is 5.78 Å². The monoisotopic (exact) mass is 272 g/mol. The van der Waals surface area contributed by atoms with E-state index < -0.39 is 0 Å². The van der Waals surface area contributed by atoms with Gasteiger partial charge in [-0.25, -0.2) is 0 Å². The fourth-order valence-corrected chi connectivity index (χ4v) is 2.12. The van der Waals surface area contributed by atoms with Crippen molar-refractivity contribution in [3.05, 3.63) is 53.1 Å². The minimum atomic E-state index is -0.249. The number of phenolic OH excluding ortho intramolecular Hbond substituents is 1. The smallest absolute Gasteiger partial charge is 0.203 e. The lowest BCUT2D eigenvalue weighted by molar-refractivity contribution is 0.103. The molecular formula is C16H16O4. The molecule has 0 heterocycles. The van der Waals surface area contributed by atoms with Crippen molar-refractivity contribution in [2.45, 2.75) is 6.92 Å². The second kappa shape index (κ2) is 5.65. The SMILES string of the molecule is COc1cc(C)c(C(=O)c2ccccc2)c(O)c1OC. The van der Waals surface area contributed by atoms with Crippen molar-refractivity contribution in [3.63, 3.8) is 0 Å². The Morgan fingerprint density at radius 2 is 1.75 bits per heavy atom. The number of rotatable bonds is 4. The van der Waals surface area contributed by atoms with Gasteiger partial charge in [-0.05, 0) is 18.6 Å². The Kier molecular flexibility index (Phi) is 3.94. The first-order chi connectivity index (χ1) is 9.60. The minimum Gasteiger partial charge on any atom is -0.504 e. The van der Waals surface area contributed by atoms with E-state index in [1.165, 1.54) is 14.2 Å². The maximum absolute atomic E-state index is 12.5. The molecule has 0 bridgehead atoms. The van der Waals surface area contributed by atoms with E-state index in [1.807, 2.05) is 6.07 Å². The second-order valence-corrected chi connectivity index (χ2v) is 4.35. The third-order valence-electron chi connectivity index (χ3n) is 3.10. The van der Waals surface area contributed by atoms with E-state index in [-0.39, 0.29) is 22.8 Å². The zero-order valence-electron chi connectivity index (χ0n) is 11.6. The van der Waals surface area contributed by atoms with Gasteiger partial charge in [0.05, 0.1) is 19.8 Å². The van der Waals surface area contributed by atoms with E-state index in [0.717, 1.165) is 0 Å². The molecule has 0 saturated heterocycles. The molecule has 4 nitrogen and oxygen atoms in total. The fraction of sp³-hybridized carbons (Fsp3) is 0.188. The van der Waals surface area contributed by atoms with Crippen LogP contribution in [0.1, 0.15) is 21.5 Å². The molecule has 0 fully saturated rings. The first-order valence-corrected chi connectivity index (χ1v) is 6.14. The van der Waals surface area contributed by atoms with Crippen LogP contribution < -0.4 is 9.47 Å². The molecule has 1 N–H and O–H groups in total. The molecule has 0 radical (unpaired) electrons. The highest BCUT2D eigenvalue weighted by molar-refractivity contribution is 6.12. The predicted octanol–water partition coefficient (Wildman–Crippen LogP) is 2.95. The molecule has 0 spiro atoms. The van der Waals surface area contributed by atoms with Gasteiger partial charge < -0.3 is 14.6 Å². The number of ketones is 1. The number of phenols is 1. The highest BCUT2D eigenvalue weighted by atomic mass is 16.5. The summed E-state index contributed by atoms with van der Waals surface area (Å²) in [6.45, 7) is 1.75. The topological polar surface area (TPSA) is 55.8 Å². The molecule has 0 unspecified atom stereocenters. The Morgan fingerprint density at radius 3 is 2.30 bits per heavy atom. The summed E-state index contributed by atoms with van der Waals surface area (Å²) in [5.41, 5.74) is 1.38. The van der Waals surface area contributed by atoms with Crippen LogP contribution in [0.25, 0.3) is 0 Å². The summed E-state index contributed by atoms with van der Waals surface area (Å²) in [6.07, 6.45) is 0. The van der Waals surface area contributed by atoms with Crippen molar-refractivity contribution < 1.29 is 19.4 Å². The molecule has 0 aliphatic heterocycles. The Morgan fingerprint density at radius 1 is 1.10 bits per heavy atom. The van der Waals surface area contributed by atoms with Crippen LogP contribution in [-0.4, -0.2) is 25.1 Å². The third kappa shape index (κ3) is 2.32. The van der Waals surface area contributed by atoms with Gasteiger partial charge in [0.15, 0.2) is 17.3 Å². The number of carbonyl (C=O) groups excluding carboxylic acids is 1. The van der Waals surface area contributed by atoms with Crippen molar-refractivity contribution in [3.8, 4) is 17.2 Å². The van der Waals surface area contributed by atoms with Crippen molar-refractivity contribution in [1.29, 1.82) is 0 Å². The Balaban J connectivity index is 2.60. The molecule has 0 amide bonds. The average molecular weight is 272 g/mol. The number of benzene rings is 2. The van der Waals surface area contributed by atoms with Crippen LogP contribution in [0.15, 0.2) is 36.4 Å². The Labute approximate surface area is 117 Å². The number of carbonyl (C=O) groups is 1. The zero-order valence-corrected chi connectivity index (χ0v) is 11.6. The molecule has 2 aromatic carbocycles. The molecular weight excluding hydrogens is 256 g/mol. The first kappa shape index (κ1) is 13.9. The van der Waals surface area contributed by atoms with Gasteiger partial charge >= 0.3 is 0 Å². The van der Waals surface area contributed by atoms with Crippen molar-refractivity contribution in [2.24, 2.45) is 0 Å². The van der Waals surface area contributed by atoms with Gasteiger partial charge in [-0.2, -0.15) is 0 Å². The molecule has 2 rings (SSSR count).